The number of aromatic nitrogens is 1. The molecule has 0 spiro atoms. The van der Waals surface area contributed by atoms with Gasteiger partial charge in [-0.05, 0) is 12.1 Å². The Bertz CT molecular complexity index is 420. The van der Waals surface area contributed by atoms with Crippen LogP contribution in [0.25, 0.3) is 5.70 Å². The number of allylic oxidation sites excluding steroid dienone is 1. The van der Waals surface area contributed by atoms with E-state index in [1.165, 1.54) is 11.6 Å². The van der Waals surface area contributed by atoms with Crippen LogP contribution in [0.5, 0.6) is 0 Å². The summed E-state index contributed by atoms with van der Waals surface area (Å²) >= 11 is 0. The lowest BCUT2D eigenvalue weighted by molar-refractivity contribution is -0.566. The summed E-state index contributed by atoms with van der Waals surface area (Å²) in [5.41, 5.74) is 1.15. The molecular formula is C9H7F3N3+. The summed E-state index contributed by atoms with van der Waals surface area (Å²) < 4.78 is 36.7. The van der Waals surface area contributed by atoms with E-state index in [1.54, 1.807) is 18.2 Å². The monoisotopic (exact) mass is 214 g/mol. The first-order valence-corrected chi connectivity index (χ1v) is 4.19. The molecule has 1 aliphatic heterocycles. The van der Waals surface area contributed by atoms with Crippen molar-refractivity contribution in [3.63, 3.8) is 0 Å². The minimum absolute atomic E-state index is 0.378. The van der Waals surface area contributed by atoms with E-state index in [9.17, 15) is 13.2 Å². The third kappa shape index (κ3) is 2.04. The van der Waals surface area contributed by atoms with Gasteiger partial charge >= 0.3 is 6.18 Å². The summed E-state index contributed by atoms with van der Waals surface area (Å²) in [6.45, 7) is 0. The smallest absolute Gasteiger partial charge is 0.251 e. The Morgan fingerprint density at radius 3 is 2.53 bits per heavy atom. The third-order valence-electron chi connectivity index (χ3n) is 1.89. The maximum atomic E-state index is 12.2. The summed E-state index contributed by atoms with van der Waals surface area (Å²) in [6.07, 6.45) is -1.88. The van der Waals surface area contributed by atoms with Crippen molar-refractivity contribution in [2.45, 2.75) is 6.18 Å². The number of pyridine rings is 1. The molecule has 0 aliphatic carbocycles. The summed E-state index contributed by atoms with van der Waals surface area (Å²) in [7, 11) is 0. The van der Waals surface area contributed by atoms with Crippen molar-refractivity contribution >= 4 is 11.4 Å². The fourth-order valence-electron chi connectivity index (χ4n) is 1.19. The van der Waals surface area contributed by atoms with Crippen molar-refractivity contribution in [1.82, 2.24) is 4.98 Å². The van der Waals surface area contributed by atoms with E-state index in [1.807, 2.05) is 0 Å². The highest BCUT2D eigenvalue weighted by Gasteiger charge is 2.39. The van der Waals surface area contributed by atoms with Gasteiger partial charge in [0.1, 0.15) is 5.69 Å². The summed E-state index contributed by atoms with van der Waals surface area (Å²) in [5, 5.41) is 3.30. The van der Waals surface area contributed by atoms with Gasteiger partial charge in [-0.15, -0.1) is 0 Å². The molecule has 0 aromatic carbocycles. The van der Waals surface area contributed by atoms with Gasteiger partial charge in [-0.25, -0.2) is 0 Å². The first-order chi connectivity index (χ1) is 7.07. The first kappa shape index (κ1) is 9.85. The molecule has 0 saturated heterocycles. The molecule has 78 valence electrons. The number of quaternary nitrogens is 1. The van der Waals surface area contributed by atoms with E-state index >= 15 is 0 Å². The molecule has 0 radical (unpaired) electrons. The Hall–Kier alpha value is -1.69. The van der Waals surface area contributed by atoms with Crippen LogP contribution in [0.4, 0.5) is 13.2 Å². The van der Waals surface area contributed by atoms with Gasteiger partial charge in [0, 0.05) is 12.3 Å². The number of halogens is 3. The average Bonchev–Trinajstić information content (AvgIpc) is 2.67. The molecule has 1 aromatic heterocycles. The number of hydrogen-bond acceptors (Lipinski definition) is 2. The summed E-state index contributed by atoms with van der Waals surface area (Å²) in [6, 6.07) is 5.05. The van der Waals surface area contributed by atoms with Crippen LogP contribution in [0.2, 0.25) is 0 Å². The molecule has 6 heteroatoms. The zero-order valence-electron chi connectivity index (χ0n) is 7.49. The van der Waals surface area contributed by atoms with Crippen molar-refractivity contribution in [3.8, 4) is 0 Å². The number of nitrogens with zero attached hydrogens (tertiary/aromatic N) is 2. The molecule has 0 unspecified atom stereocenters. The van der Waals surface area contributed by atoms with Crippen LogP contribution in [0.3, 0.4) is 0 Å². The highest BCUT2D eigenvalue weighted by molar-refractivity contribution is 6.04. The lowest BCUT2D eigenvalue weighted by Crippen LogP contribution is -2.73. The lowest BCUT2D eigenvalue weighted by Gasteiger charge is -1.98. The van der Waals surface area contributed by atoms with Gasteiger partial charge in [0.05, 0.1) is 0 Å². The van der Waals surface area contributed by atoms with Crippen molar-refractivity contribution in [2.75, 3.05) is 0 Å². The molecule has 0 saturated carbocycles. The molecule has 3 nitrogen and oxygen atoms in total. The van der Waals surface area contributed by atoms with Gasteiger partial charge < -0.3 is 0 Å². The molecule has 0 bridgehead atoms. The largest absolute Gasteiger partial charge is 0.438 e. The molecule has 15 heavy (non-hydrogen) atoms. The highest BCUT2D eigenvalue weighted by Crippen LogP contribution is 2.20. The second-order valence-electron chi connectivity index (χ2n) is 2.96. The van der Waals surface area contributed by atoms with Crippen LogP contribution in [-0.4, -0.2) is 16.9 Å². The van der Waals surface area contributed by atoms with Crippen LogP contribution < -0.4 is 5.43 Å². The number of hydrogen-bond donors (Lipinski definition) is 1. The standard InChI is InChI=1S/C9H6F3N3/c10-9(11,12)8-5-7(14-15-8)6-3-1-2-4-13-6/h1-5H,(H,14,15)/p+1. The maximum Gasteiger partial charge on any atom is 0.438 e. The van der Waals surface area contributed by atoms with Crippen LogP contribution in [0.1, 0.15) is 5.69 Å². The quantitative estimate of drug-likeness (QED) is 0.694. The molecule has 2 N–H and O–H groups in total. The topological polar surface area (TPSA) is 41.9 Å². The van der Waals surface area contributed by atoms with E-state index in [2.05, 4.69) is 10.1 Å². The van der Waals surface area contributed by atoms with Crippen molar-refractivity contribution in [1.29, 1.82) is 0 Å². The Morgan fingerprint density at radius 1 is 1.20 bits per heavy atom. The van der Waals surface area contributed by atoms with E-state index in [4.69, 9.17) is 0 Å². The average molecular weight is 214 g/mol. The Labute approximate surface area is 83.3 Å². The first-order valence-electron chi connectivity index (χ1n) is 4.19. The van der Waals surface area contributed by atoms with Gasteiger partial charge in [-0.1, -0.05) is 11.2 Å². The number of alkyl halides is 3. The summed E-state index contributed by atoms with van der Waals surface area (Å²) in [5.74, 6) is 0. The Kier molecular flexibility index (Phi) is 2.28. The van der Waals surface area contributed by atoms with Crippen molar-refractivity contribution < 1.29 is 18.6 Å². The molecule has 2 rings (SSSR count). The molecular weight excluding hydrogens is 207 g/mol. The molecule has 1 aromatic rings. The SMILES string of the molecule is FC(F)(F)C1=N[NH2+]C(c2ccccn2)=C1. The molecule has 1 aliphatic rings. The minimum atomic E-state index is -4.40. The van der Waals surface area contributed by atoms with Gasteiger partial charge in [-0.2, -0.15) is 18.6 Å². The predicted octanol–water partition coefficient (Wildman–Crippen LogP) is 0.918. The maximum absolute atomic E-state index is 12.2. The van der Waals surface area contributed by atoms with Crippen LogP contribution in [0.15, 0.2) is 35.6 Å². The van der Waals surface area contributed by atoms with Gasteiger partial charge in [0.2, 0.25) is 5.71 Å². The summed E-state index contributed by atoms with van der Waals surface area (Å²) in [4.78, 5) is 3.94. The predicted molar refractivity (Wildman–Crippen MR) is 47.6 cm³/mol. The zero-order chi connectivity index (χ0) is 10.9. The van der Waals surface area contributed by atoms with E-state index in [0.717, 1.165) is 6.08 Å². The second kappa shape index (κ2) is 3.47. The van der Waals surface area contributed by atoms with E-state index < -0.39 is 11.9 Å². The Morgan fingerprint density at radius 2 is 2.00 bits per heavy atom. The zero-order valence-corrected chi connectivity index (χ0v) is 7.49. The second-order valence-corrected chi connectivity index (χ2v) is 2.96. The fraction of sp³-hybridized carbons (Fsp3) is 0.111. The fourth-order valence-corrected chi connectivity index (χ4v) is 1.19. The van der Waals surface area contributed by atoms with Crippen LogP contribution in [0, 0.1) is 0 Å². The molecule has 0 fully saturated rings. The van der Waals surface area contributed by atoms with E-state index in [-0.39, 0.29) is 0 Å². The lowest BCUT2D eigenvalue weighted by atomic mass is 10.2. The highest BCUT2D eigenvalue weighted by atomic mass is 19.4. The third-order valence-corrected chi connectivity index (χ3v) is 1.89. The number of rotatable bonds is 1. The molecule has 0 atom stereocenters. The van der Waals surface area contributed by atoms with Crippen molar-refractivity contribution in [3.05, 3.63) is 36.2 Å². The number of nitrogens with two attached hydrogens (primary N) is 1. The van der Waals surface area contributed by atoms with Gasteiger partial charge in [0.25, 0.3) is 0 Å². The molecule has 0 amide bonds. The van der Waals surface area contributed by atoms with Gasteiger partial charge in [0.15, 0.2) is 5.70 Å². The minimum Gasteiger partial charge on any atom is -0.251 e. The van der Waals surface area contributed by atoms with Crippen LogP contribution in [-0.2, 0) is 0 Å². The van der Waals surface area contributed by atoms with E-state index in [0.29, 0.717) is 11.4 Å². The normalized spacial score (nSPS) is 16.2. The molecule has 2 heterocycles. The van der Waals surface area contributed by atoms with Crippen molar-refractivity contribution in [2.24, 2.45) is 5.10 Å². The van der Waals surface area contributed by atoms with Gasteiger partial charge in [-0.3, -0.25) is 4.98 Å². The Balaban J connectivity index is 2.25. The van der Waals surface area contributed by atoms with Crippen LogP contribution >= 0.6 is 0 Å².